The van der Waals surface area contributed by atoms with Crippen molar-refractivity contribution in [3.05, 3.63) is 33.8 Å². The van der Waals surface area contributed by atoms with Crippen molar-refractivity contribution in [2.24, 2.45) is 5.73 Å². The second kappa shape index (κ2) is 7.07. The van der Waals surface area contributed by atoms with Crippen LogP contribution in [0.2, 0.25) is 10.0 Å². The summed E-state index contributed by atoms with van der Waals surface area (Å²) < 4.78 is 0. The smallest absolute Gasteiger partial charge is 0.0624 e. The molecule has 4 heteroatoms. The van der Waals surface area contributed by atoms with Crippen molar-refractivity contribution in [2.75, 3.05) is 19.6 Å². The molecule has 3 N–H and O–H groups in total. The molecule has 0 saturated carbocycles. The van der Waals surface area contributed by atoms with Gasteiger partial charge in [0.25, 0.3) is 0 Å². The minimum absolute atomic E-state index is 0.629. The molecule has 0 spiro atoms. The Hall–Kier alpha value is -0.280. The van der Waals surface area contributed by atoms with E-state index >= 15 is 0 Å². The maximum atomic E-state index is 6.06. The van der Waals surface area contributed by atoms with E-state index in [1.807, 2.05) is 12.1 Å². The standard InChI is InChI=1S/C11H16Cl2N2/c12-10-5-1-3-9(11(10)13)4-2-7-15-8-6-14/h1,3,5,15H,2,4,6-8,14H2. The van der Waals surface area contributed by atoms with Gasteiger partial charge in [-0.1, -0.05) is 35.3 Å². The van der Waals surface area contributed by atoms with E-state index in [4.69, 9.17) is 28.9 Å². The zero-order valence-corrected chi connectivity index (χ0v) is 10.1. The Bertz CT molecular complexity index is 303. The molecular weight excluding hydrogens is 231 g/mol. The van der Waals surface area contributed by atoms with Crippen molar-refractivity contribution in [3.8, 4) is 0 Å². The number of benzene rings is 1. The van der Waals surface area contributed by atoms with Crippen LogP contribution in [0.1, 0.15) is 12.0 Å². The van der Waals surface area contributed by atoms with Crippen LogP contribution in [0.25, 0.3) is 0 Å². The van der Waals surface area contributed by atoms with Crippen LogP contribution in [0.5, 0.6) is 0 Å². The average Bonchev–Trinajstić information content (AvgIpc) is 2.24. The van der Waals surface area contributed by atoms with Crippen LogP contribution >= 0.6 is 23.2 Å². The third kappa shape index (κ3) is 4.39. The molecule has 1 rings (SSSR count). The number of rotatable bonds is 6. The first-order valence-corrected chi connectivity index (χ1v) is 5.85. The summed E-state index contributed by atoms with van der Waals surface area (Å²) in [5, 5.41) is 4.55. The van der Waals surface area contributed by atoms with Crippen LogP contribution in [-0.4, -0.2) is 19.6 Å². The van der Waals surface area contributed by atoms with Gasteiger partial charge in [-0.05, 0) is 31.0 Å². The molecule has 0 radical (unpaired) electrons. The third-order valence-electron chi connectivity index (χ3n) is 2.15. The molecule has 1 aromatic carbocycles. The molecule has 0 fully saturated rings. The number of aryl methyl sites for hydroxylation is 1. The third-order valence-corrected chi connectivity index (χ3v) is 3.01. The summed E-state index contributed by atoms with van der Waals surface area (Å²) in [6.07, 6.45) is 1.98. The number of halogens is 2. The summed E-state index contributed by atoms with van der Waals surface area (Å²) in [6, 6.07) is 5.74. The van der Waals surface area contributed by atoms with Crippen LogP contribution in [0.15, 0.2) is 18.2 Å². The highest BCUT2D eigenvalue weighted by molar-refractivity contribution is 6.42. The van der Waals surface area contributed by atoms with Gasteiger partial charge < -0.3 is 11.1 Å². The molecule has 0 aromatic heterocycles. The lowest BCUT2D eigenvalue weighted by molar-refractivity contribution is 0.653. The maximum Gasteiger partial charge on any atom is 0.0624 e. The summed E-state index contributed by atoms with van der Waals surface area (Å²) in [7, 11) is 0. The van der Waals surface area contributed by atoms with Gasteiger partial charge in [-0.3, -0.25) is 0 Å². The fourth-order valence-corrected chi connectivity index (χ4v) is 1.79. The van der Waals surface area contributed by atoms with Gasteiger partial charge in [-0.2, -0.15) is 0 Å². The van der Waals surface area contributed by atoms with E-state index < -0.39 is 0 Å². The van der Waals surface area contributed by atoms with Crippen molar-refractivity contribution in [1.82, 2.24) is 5.32 Å². The predicted molar refractivity (Wildman–Crippen MR) is 66.7 cm³/mol. The highest BCUT2D eigenvalue weighted by atomic mass is 35.5. The Balaban J connectivity index is 2.34. The lowest BCUT2D eigenvalue weighted by Gasteiger charge is -2.06. The zero-order chi connectivity index (χ0) is 11.1. The van der Waals surface area contributed by atoms with E-state index in [9.17, 15) is 0 Å². The molecule has 0 aliphatic heterocycles. The van der Waals surface area contributed by atoms with Gasteiger partial charge in [0.2, 0.25) is 0 Å². The van der Waals surface area contributed by atoms with Gasteiger partial charge in [0.05, 0.1) is 10.0 Å². The predicted octanol–water partition coefficient (Wildman–Crippen LogP) is 2.47. The minimum atomic E-state index is 0.629. The molecule has 0 aliphatic carbocycles. The number of nitrogens with two attached hydrogens (primary N) is 1. The van der Waals surface area contributed by atoms with Crippen LogP contribution in [-0.2, 0) is 6.42 Å². The highest BCUT2D eigenvalue weighted by Crippen LogP contribution is 2.26. The van der Waals surface area contributed by atoms with Gasteiger partial charge in [0, 0.05) is 13.1 Å². The van der Waals surface area contributed by atoms with Gasteiger partial charge in [-0.25, -0.2) is 0 Å². The van der Waals surface area contributed by atoms with E-state index in [0.29, 0.717) is 16.6 Å². The van der Waals surface area contributed by atoms with Gasteiger partial charge in [-0.15, -0.1) is 0 Å². The average molecular weight is 247 g/mol. The lowest BCUT2D eigenvalue weighted by atomic mass is 10.1. The second-order valence-corrected chi connectivity index (χ2v) is 4.14. The Kier molecular flexibility index (Phi) is 6.03. The molecule has 0 atom stereocenters. The first-order valence-electron chi connectivity index (χ1n) is 5.09. The van der Waals surface area contributed by atoms with E-state index in [1.165, 1.54) is 0 Å². The molecule has 0 amide bonds. The first-order chi connectivity index (χ1) is 7.25. The van der Waals surface area contributed by atoms with Crippen molar-refractivity contribution < 1.29 is 0 Å². The van der Waals surface area contributed by atoms with E-state index in [2.05, 4.69) is 5.32 Å². The number of hydrogen-bond donors (Lipinski definition) is 2. The van der Waals surface area contributed by atoms with Crippen LogP contribution in [0.4, 0.5) is 0 Å². The fourth-order valence-electron chi connectivity index (χ4n) is 1.37. The SMILES string of the molecule is NCCNCCCc1cccc(Cl)c1Cl. The topological polar surface area (TPSA) is 38.0 Å². The van der Waals surface area contributed by atoms with Crippen LogP contribution in [0.3, 0.4) is 0 Å². The summed E-state index contributed by atoms with van der Waals surface area (Å²) in [4.78, 5) is 0. The lowest BCUT2D eigenvalue weighted by Crippen LogP contribution is -2.23. The van der Waals surface area contributed by atoms with E-state index in [1.54, 1.807) is 6.07 Å². The number of hydrogen-bond acceptors (Lipinski definition) is 2. The number of nitrogens with one attached hydrogen (secondary N) is 1. The first kappa shape index (κ1) is 12.8. The molecule has 0 aliphatic rings. The quantitative estimate of drug-likeness (QED) is 0.758. The van der Waals surface area contributed by atoms with Crippen molar-refractivity contribution in [2.45, 2.75) is 12.8 Å². The molecule has 0 bridgehead atoms. The van der Waals surface area contributed by atoms with Crippen molar-refractivity contribution in [1.29, 1.82) is 0 Å². The Morgan fingerprint density at radius 2 is 2.00 bits per heavy atom. The maximum absolute atomic E-state index is 6.06. The molecule has 15 heavy (non-hydrogen) atoms. The largest absolute Gasteiger partial charge is 0.329 e. The van der Waals surface area contributed by atoms with E-state index in [-0.39, 0.29) is 0 Å². The molecule has 1 aromatic rings. The van der Waals surface area contributed by atoms with Gasteiger partial charge in [0.1, 0.15) is 0 Å². The molecule has 0 saturated heterocycles. The van der Waals surface area contributed by atoms with Gasteiger partial charge in [0.15, 0.2) is 0 Å². The summed E-state index contributed by atoms with van der Waals surface area (Å²) >= 11 is 12.0. The summed E-state index contributed by atoms with van der Waals surface area (Å²) in [6.45, 7) is 2.50. The molecule has 84 valence electrons. The summed E-state index contributed by atoms with van der Waals surface area (Å²) in [5.74, 6) is 0. The van der Waals surface area contributed by atoms with Crippen molar-refractivity contribution in [3.63, 3.8) is 0 Å². The summed E-state index contributed by atoms with van der Waals surface area (Å²) in [5.41, 5.74) is 6.47. The Morgan fingerprint density at radius 3 is 2.73 bits per heavy atom. The Labute approximate surface area is 101 Å². The van der Waals surface area contributed by atoms with Gasteiger partial charge >= 0.3 is 0 Å². The molecular formula is C11H16Cl2N2. The van der Waals surface area contributed by atoms with Crippen LogP contribution in [0, 0.1) is 0 Å². The molecule has 0 heterocycles. The molecule has 0 unspecified atom stereocenters. The zero-order valence-electron chi connectivity index (χ0n) is 8.60. The fraction of sp³-hybridized carbons (Fsp3) is 0.455. The van der Waals surface area contributed by atoms with Crippen molar-refractivity contribution >= 4 is 23.2 Å². The second-order valence-electron chi connectivity index (χ2n) is 3.36. The monoisotopic (exact) mass is 246 g/mol. The minimum Gasteiger partial charge on any atom is -0.329 e. The molecule has 2 nitrogen and oxygen atoms in total. The van der Waals surface area contributed by atoms with Crippen LogP contribution < -0.4 is 11.1 Å². The Morgan fingerprint density at radius 1 is 1.20 bits per heavy atom. The van der Waals surface area contributed by atoms with E-state index in [0.717, 1.165) is 31.5 Å². The normalized spacial score (nSPS) is 10.6. The highest BCUT2D eigenvalue weighted by Gasteiger charge is 2.03.